The van der Waals surface area contributed by atoms with Crippen molar-refractivity contribution in [2.45, 2.75) is 17.9 Å². The highest BCUT2D eigenvalue weighted by Crippen LogP contribution is 2.16. The van der Waals surface area contributed by atoms with Gasteiger partial charge in [0.05, 0.1) is 21.7 Å². The SMILES string of the molecule is CNS(=O)(=O)c1cccc(C(=O)O[C@@H](C)C(=O)Nc2ccccc2C#N)c1. The highest BCUT2D eigenvalue weighted by atomic mass is 32.2. The molecule has 2 N–H and O–H groups in total. The molecule has 27 heavy (non-hydrogen) atoms. The van der Waals surface area contributed by atoms with Gasteiger partial charge in [-0.2, -0.15) is 5.26 Å². The van der Waals surface area contributed by atoms with Crippen LogP contribution in [0.2, 0.25) is 0 Å². The number of hydrogen-bond donors (Lipinski definition) is 2. The zero-order chi connectivity index (χ0) is 20.0. The second-order valence-electron chi connectivity index (χ2n) is 5.43. The van der Waals surface area contributed by atoms with Crippen molar-refractivity contribution in [1.29, 1.82) is 5.26 Å². The zero-order valence-corrected chi connectivity index (χ0v) is 15.4. The second kappa shape index (κ2) is 8.44. The molecule has 9 heteroatoms. The van der Waals surface area contributed by atoms with Crippen LogP contribution in [0.3, 0.4) is 0 Å². The molecule has 0 radical (unpaired) electrons. The van der Waals surface area contributed by atoms with Crippen molar-refractivity contribution in [2.75, 3.05) is 12.4 Å². The summed E-state index contributed by atoms with van der Waals surface area (Å²) in [6.07, 6.45) is -1.16. The first-order valence-electron chi connectivity index (χ1n) is 7.83. The Bertz CT molecular complexity index is 1010. The van der Waals surface area contributed by atoms with Crippen molar-refractivity contribution in [2.24, 2.45) is 0 Å². The van der Waals surface area contributed by atoms with Gasteiger partial charge in [-0.15, -0.1) is 0 Å². The molecule has 0 saturated heterocycles. The molecule has 1 amide bonds. The number of ether oxygens (including phenoxy) is 1. The number of nitriles is 1. The number of carbonyl (C=O) groups is 2. The lowest BCUT2D eigenvalue weighted by molar-refractivity contribution is -0.123. The molecule has 0 spiro atoms. The Kier molecular flexibility index (Phi) is 6.28. The zero-order valence-electron chi connectivity index (χ0n) is 14.6. The molecular weight excluding hydrogens is 370 g/mol. The Morgan fingerprint density at radius 3 is 2.52 bits per heavy atom. The molecule has 1 atom stereocenters. The number of esters is 1. The van der Waals surface area contributed by atoms with E-state index < -0.39 is 28.0 Å². The van der Waals surface area contributed by atoms with Gasteiger partial charge in [0.1, 0.15) is 6.07 Å². The third-order valence-corrected chi connectivity index (χ3v) is 5.02. The van der Waals surface area contributed by atoms with Gasteiger partial charge in [-0.25, -0.2) is 17.9 Å². The fourth-order valence-corrected chi connectivity index (χ4v) is 2.89. The van der Waals surface area contributed by atoms with E-state index in [0.717, 1.165) is 6.07 Å². The lowest BCUT2D eigenvalue weighted by atomic mass is 10.2. The number of carbonyl (C=O) groups excluding carboxylic acids is 2. The van der Waals surface area contributed by atoms with Gasteiger partial charge in [0.25, 0.3) is 5.91 Å². The van der Waals surface area contributed by atoms with Crippen LogP contribution in [0.25, 0.3) is 0 Å². The predicted molar refractivity (Wildman–Crippen MR) is 97.4 cm³/mol. The molecule has 0 heterocycles. The van der Waals surface area contributed by atoms with Crippen molar-refractivity contribution in [3.8, 4) is 6.07 Å². The molecule has 0 aliphatic carbocycles. The Hall–Kier alpha value is -3.22. The second-order valence-corrected chi connectivity index (χ2v) is 7.32. The maximum Gasteiger partial charge on any atom is 0.338 e. The van der Waals surface area contributed by atoms with Crippen molar-refractivity contribution in [1.82, 2.24) is 4.72 Å². The molecule has 0 aliphatic rings. The number of anilines is 1. The first kappa shape index (κ1) is 20.1. The molecule has 8 nitrogen and oxygen atoms in total. The number of sulfonamides is 1. The topological polar surface area (TPSA) is 125 Å². The van der Waals surface area contributed by atoms with Crippen molar-refractivity contribution in [3.63, 3.8) is 0 Å². The predicted octanol–water partition coefficient (Wildman–Crippen LogP) is 1.65. The van der Waals surface area contributed by atoms with Crippen LogP contribution in [0.5, 0.6) is 0 Å². The first-order valence-corrected chi connectivity index (χ1v) is 9.31. The quantitative estimate of drug-likeness (QED) is 0.726. The van der Waals surface area contributed by atoms with E-state index in [4.69, 9.17) is 10.00 Å². The van der Waals surface area contributed by atoms with Gasteiger partial charge in [0, 0.05) is 0 Å². The number of nitrogens with one attached hydrogen (secondary N) is 2. The van der Waals surface area contributed by atoms with Crippen LogP contribution < -0.4 is 10.0 Å². The van der Waals surface area contributed by atoms with Crippen molar-refractivity contribution < 1.29 is 22.7 Å². The maximum atomic E-state index is 12.2. The summed E-state index contributed by atoms with van der Waals surface area (Å²) in [6.45, 7) is 1.37. The van der Waals surface area contributed by atoms with Crippen LogP contribution in [0, 0.1) is 11.3 Å². The van der Waals surface area contributed by atoms with E-state index in [1.165, 1.54) is 32.2 Å². The lowest BCUT2D eigenvalue weighted by Crippen LogP contribution is -2.30. The maximum absolute atomic E-state index is 12.2. The molecule has 0 unspecified atom stereocenters. The molecule has 2 aromatic rings. The highest BCUT2D eigenvalue weighted by Gasteiger charge is 2.21. The number of hydrogen-bond acceptors (Lipinski definition) is 6. The molecular formula is C18H17N3O5S. The van der Waals surface area contributed by atoms with Gasteiger partial charge in [0.2, 0.25) is 10.0 Å². The lowest BCUT2D eigenvalue weighted by Gasteiger charge is -2.14. The number of benzene rings is 2. The van der Waals surface area contributed by atoms with Gasteiger partial charge < -0.3 is 10.1 Å². The summed E-state index contributed by atoms with van der Waals surface area (Å²) >= 11 is 0. The summed E-state index contributed by atoms with van der Waals surface area (Å²) in [5, 5.41) is 11.6. The van der Waals surface area contributed by atoms with E-state index in [0.29, 0.717) is 5.69 Å². The molecule has 0 aromatic heterocycles. The Morgan fingerprint density at radius 2 is 1.85 bits per heavy atom. The molecule has 0 bridgehead atoms. The summed E-state index contributed by atoms with van der Waals surface area (Å²) in [5.41, 5.74) is 0.563. The largest absolute Gasteiger partial charge is 0.449 e. The van der Waals surface area contributed by atoms with Crippen LogP contribution in [0.15, 0.2) is 53.4 Å². The first-order chi connectivity index (χ1) is 12.8. The fourth-order valence-electron chi connectivity index (χ4n) is 2.11. The van der Waals surface area contributed by atoms with Crippen LogP contribution in [-0.4, -0.2) is 33.4 Å². The van der Waals surface area contributed by atoms with Gasteiger partial charge >= 0.3 is 5.97 Å². The van der Waals surface area contributed by atoms with E-state index in [1.807, 2.05) is 6.07 Å². The van der Waals surface area contributed by atoms with Crippen LogP contribution >= 0.6 is 0 Å². The molecule has 0 saturated carbocycles. The highest BCUT2D eigenvalue weighted by molar-refractivity contribution is 7.89. The van der Waals surface area contributed by atoms with Gasteiger partial charge in [-0.05, 0) is 44.3 Å². The van der Waals surface area contributed by atoms with E-state index in [9.17, 15) is 18.0 Å². The minimum atomic E-state index is -3.72. The minimum absolute atomic E-state index is 0.0107. The number of amides is 1. The Morgan fingerprint density at radius 1 is 1.15 bits per heavy atom. The summed E-state index contributed by atoms with van der Waals surface area (Å²) in [4.78, 5) is 24.4. The number of rotatable bonds is 6. The summed E-state index contributed by atoms with van der Waals surface area (Å²) in [5.74, 6) is -1.47. The Labute approximate surface area is 156 Å². The average Bonchev–Trinajstić information content (AvgIpc) is 2.68. The summed E-state index contributed by atoms with van der Waals surface area (Å²) in [6, 6.07) is 13.6. The van der Waals surface area contributed by atoms with Crippen molar-refractivity contribution >= 4 is 27.6 Å². The third-order valence-electron chi connectivity index (χ3n) is 3.61. The third kappa shape index (κ3) is 4.91. The van der Waals surface area contributed by atoms with Gasteiger partial charge in [0.15, 0.2) is 6.10 Å². The minimum Gasteiger partial charge on any atom is -0.449 e. The average molecular weight is 387 g/mol. The van der Waals surface area contributed by atoms with Crippen molar-refractivity contribution in [3.05, 3.63) is 59.7 Å². The molecule has 2 rings (SSSR count). The molecule has 0 fully saturated rings. The Balaban J connectivity index is 2.10. The van der Waals surface area contributed by atoms with Crippen LogP contribution in [0.1, 0.15) is 22.8 Å². The fraction of sp³-hybridized carbons (Fsp3) is 0.167. The van der Waals surface area contributed by atoms with Gasteiger partial charge in [-0.1, -0.05) is 18.2 Å². The van der Waals surface area contributed by atoms with E-state index in [1.54, 1.807) is 24.3 Å². The molecule has 140 valence electrons. The van der Waals surface area contributed by atoms with E-state index in [-0.39, 0.29) is 16.0 Å². The number of nitrogens with zero attached hydrogens (tertiary/aromatic N) is 1. The monoisotopic (exact) mass is 387 g/mol. The normalized spacial score (nSPS) is 11.9. The van der Waals surface area contributed by atoms with Crippen LogP contribution in [0.4, 0.5) is 5.69 Å². The summed E-state index contributed by atoms with van der Waals surface area (Å²) < 4.78 is 30.9. The van der Waals surface area contributed by atoms with E-state index in [2.05, 4.69) is 10.0 Å². The van der Waals surface area contributed by atoms with E-state index >= 15 is 0 Å². The molecule has 0 aliphatic heterocycles. The van der Waals surface area contributed by atoms with Gasteiger partial charge in [-0.3, -0.25) is 4.79 Å². The summed E-state index contributed by atoms with van der Waals surface area (Å²) in [7, 11) is -2.46. The van der Waals surface area contributed by atoms with Crippen LogP contribution in [-0.2, 0) is 19.6 Å². The smallest absolute Gasteiger partial charge is 0.338 e. The number of para-hydroxylation sites is 1. The molecule has 2 aromatic carbocycles. The standard InChI is InChI=1S/C18H17N3O5S/c1-12(17(22)21-16-9-4-3-6-14(16)11-19)26-18(23)13-7-5-8-15(10-13)27(24,25)20-2/h3-10,12,20H,1-2H3,(H,21,22)/t12-/m0/s1.